The fraction of sp³-hybridized carbons (Fsp3) is 0.941. The van der Waals surface area contributed by atoms with Crippen molar-refractivity contribution in [3.8, 4) is 0 Å². The molecular weight excluding hydrogens is 1690 g/mol. The molecule has 0 bridgehead atoms. The van der Waals surface area contributed by atoms with Gasteiger partial charge in [-0.3, -0.25) is 19.2 Å². The third kappa shape index (κ3) is 22.4. The number of hydrogen-bond acceptors (Lipinski definition) is 51. The van der Waals surface area contributed by atoms with E-state index in [0.29, 0.717) is 0 Å². The molecule has 0 aromatic rings. The molecule has 10 aliphatic rings. The van der Waals surface area contributed by atoms with Gasteiger partial charge in [-0.15, -0.1) is 0 Å². The summed E-state index contributed by atoms with van der Waals surface area (Å²) in [5.74, 6) is -3.83. The van der Waals surface area contributed by atoms with Crippen LogP contribution in [0, 0.1) is 0 Å². The maximum atomic E-state index is 13.3. The smallest absolute Gasteiger partial charge is 0.217 e. The number of amides is 4. The lowest BCUT2D eigenvalue weighted by molar-refractivity contribution is -0.387. The van der Waals surface area contributed by atoms with Crippen LogP contribution < -0.4 is 21.3 Å². The molecule has 123 heavy (non-hydrogen) atoms. The number of carbonyl (C=O) groups excluding carboxylic acids is 4. The van der Waals surface area contributed by atoms with Gasteiger partial charge >= 0.3 is 0 Å². The van der Waals surface area contributed by atoms with Gasteiger partial charge in [-0.25, -0.2) is 0 Å². The zero-order valence-electron chi connectivity index (χ0n) is 65.9. The van der Waals surface area contributed by atoms with Gasteiger partial charge in [0.15, 0.2) is 62.9 Å². The van der Waals surface area contributed by atoms with E-state index in [1.165, 1.54) is 0 Å². The highest BCUT2D eigenvalue weighted by molar-refractivity contribution is 5.74. The zero-order chi connectivity index (χ0) is 90.5. The van der Waals surface area contributed by atoms with Gasteiger partial charge in [-0.1, -0.05) is 0 Å². The van der Waals surface area contributed by atoms with Crippen molar-refractivity contribution in [2.24, 2.45) is 0 Å². The molecule has 1 unspecified atom stereocenters. The van der Waals surface area contributed by atoms with Crippen molar-refractivity contribution in [3.05, 3.63) is 0 Å². The van der Waals surface area contributed by atoms with Crippen LogP contribution >= 0.6 is 0 Å². The van der Waals surface area contributed by atoms with Gasteiger partial charge in [0.2, 0.25) is 23.6 Å². The number of nitrogens with one attached hydrogen (secondary N) is 4. The Morgan fingerprint density at radius 3 is 0.683 bits per heavy atom. The third-order valence-electron chi connectivity index (χ3n) is 22.4. The molecule has 0 aromatic heterocycles. The van der Waals surface area contributed by atoms with E-state index in [9.17, 15) is 162 Å². The second kappa shape index (κ2) is 44.3. The molecule has 0 aromatic carbocycles. The summed E-state index contributed by atoms with van der Waals surface area (Å²) in [5.41, 5.74) is 0. The predicted octanol–water partition coefficient (Wildman–Crippen LogP) is -22.2. The highest BCUT2D eigenvalue weighted by Crippen LogP contribution is 2.40. The maximum absolute atomic E-state index is 13.3. The summed E-state index contributed by atoms with van der Waals surface area (Å²) < 4.78 is 112. The first-order valence-corrected chi connectivity index (χ1v) is 39.1. The first-order valence-electron chi connectivity index (χ1n) is 39.1. The number of rotatable bonds is 32. The number of ether oxygens (including phenoxy) is 19. The first kappa shape index (κ1) is 101. The van der Waals surface area contributed by atoms with Crippen LogP contribution in [-0.2, 0) is 109 Å². The Balaban J connectivity index is 0.940. The van der Waals surface area contributed by atoms with E-state index >= 15 is 0 Å². The van der Waals surface area contributed by atoms with Crippen LogP contribution in [0.3, 0.4) is 0 Å². The molecule has 55 nitrogen and oxygen atoms in total. The third-order valence-corrected chi connectivity index (χ3v) is 22.4. The predicted molar refractivity (Wildman–Crippen MR) is 376 cm³/mol. The molecule has 10 rings (SSSR count). The second-order valence-electron chi connectivity index (χ2n) is 31.0. The molecule has 55 heteroatoms. The summed E-state index contributed by atoms with van der Waals surface area (Å²) in [7, 11) is 0. The van der Waals surface area contributed by atoms with Crippen molar-refractivity contribution < 1.29 is 252 Å². The highest BCUT2D eigenvalue weighted by Gasteiger charge is 2.62. The number of hydrogen-bond donors (Lipinski definition) is 32. The van der Waals surface area contributed by atoms with Gasteiger partial charge in [0.1, 0.15) is 244 Å². The molecule has 4 amide bonds. The lowest BCUT2D eigenvalue weighted by atomic mass is 9.94. The molecule has 0 aliphatic carbocycles. The van der Waals surface area contributed by atoms with E-state index < -0.39 is 397 Å². The summed E-state index contributed by atoms with van der Waals surface area (Å²) in [6, 6.07) is -7.74. The minimum Gasteiger partial charge on any atom is -0.394 e. The Labute approximate surface area is 695 Å². The highest BCUT2D eigenvalue weighted by atomic mass is 16.8. The molecule has 10 fully saturated rings. The summed E-state index contributed by atoms with van der Waals surface area (Å²) in [6.07, 6.45) is -95.0. The summed E-state index contributed by atoms with van der Waals surface area (Å²) >= 11 is 0. The minimum absolute atomic E-state index is 0.909. The molecule has 10 heterocycles. The normalized spacial score (nSPS) is 49.4. The zero-order valence-corrected chi connectivity index (χ0v) is 65.9. The van der Waals surface area contributed by atoms with Crippen LogP contribution in [0.2, 0.25) is 0 Å². The minimum atomic E-state index is -2.52. The van der Waals surface area contributed by atoms with E-state index in [1.807, 2.05) is 0 Å². The Morgan fingerprint density at radius 2 is 0.423 bits per heavy atom. The number of aliphatic hydroxyl groups excluding tert-OH is 28. The summed E-state index contributed by atoms with van der Waals surface area (Å²) in [4.78, 5) is 52.1. The van der Waals surface area contributed by atoms with Gasteiger partial charge in [0, 0.05) is 27.7 Å². The van der Waals surface area contributed by atoms with Gasteiger partial charge < -0.3 is 254 Å². The Bertz CT molecular complexity index is 3300. The Morgan fingerprint density at radius 1 is 0.211 bits per heavy atom. The van der Waals surface area contributed by atoms with Crippen molar-refractivity contribution in [1.82, 2.24) is 21.3 Å². The molecule has 0 spiro atoms. The van der Waals surface area contributed by atoms with Gasteiger partial charge in [-0.2, -0.15) is 0 Å². The topological polar surface area (TPSA) is 858 Å². The van der Waals surface area contributed by atoms with Gasteiger partial charge in [0.25, 0.3) is 0 Å². The van der Waals surface area contributed by atoms with E-state index in [2.05, 4.69) is 21.3 Å². The molecule has 712 valence electrons. The fourth-order valence-corrected chi connectivity index (χ4v) is 15.9. The molecule has 0 saturated carbocycles. The van der Waals surface area contributed by atoms with Crippen LogP contribution in [0.25, 0.3) is 0 Å². The van der Waals surface area contributed by atoms with E-state index in [-0.39, 0.29) is 0 Å². The standard InChI is InChI=1S/C68H114N4O51/c1-15(81)69-29-38(90)52(117-64-47(99)42(94)33(85)19(5-73)108-64)23(9-77)111-60(29)105-13-27-36(88)57(122-62-31(71-17(3)83)40(92)54(25(11-79)113-62)118-65-48(100)43(95)34(86)20(6-74)109-65)50(102)67(115-27)120-53-24(10-78)112-61(30(39(53)91)70-16(2)82)106-14-28-37(89)58(51(103)68(116-28)121-56-22(8-76)107-59(104)46(98)45(56)97)123-63-32(72-18(4)84)41(93)55(26(12-80)114-63)119-66-49(101)44(96)35(87)21(7-75)110-66/h19-68,73-80,85-104H,5-14H2,1-4H3,(H,69,81)(H,70,82)(H,71,83)(H,72,84)/t19-,20-,21-,22-,23-,24-,25-,26-,27-,28-,29-,30-,31-,32-,33+,34+,35+,36+,37+,38-,39-,40-,41-,42+,43+,44+,45-,46-,47-,48-,49-,50-,51-,52-,53-,54-,55-,56-,57+,58+,59?,60-,61-,62+,63+,64+,65+,66+,67+,68+/m1/s1. The van der Waals surface area contributed by atoms with Crippen LogP contribution in [-0.4, -0.2) is 539 Å². The van der Waals surface area contributed by atoms with E-state index in [4.69, 9.17) is 90.0 Å². The molecule has 50 atom stereocenters. The van der Waals surface area contributed by atoms with Crippen LogP contribution in [0.4, 0.5) is 0 Å². The molecule has 10 aliphatic heterocycles. The lowest BCUT2D eigenvalue weighted by Crippen LogP contribution is -2.70. The van der Waals surface area contributed by atoms with Crippen LogP contribution in [0.1, 0.15) is 27.7 Å². The number of aliphatic hydroxyl groups is 28. The average Bonchev–Trinajstić information content (AvgIpc) is 0.767. The molecule has 32 N–H and O–H groups in total. The van der Waals surface area contributed by atoms with E-state index in [0.717, 1.165) is 27.7 Å². The first-order chi connectivity index (χ1) is 58.2. The molecule has 10 saturated heterocycles. The SMILES string of the molecule is CC(=O)N[C@H]1[C@H](OC[C@H]2O[C@@H](O[C@H]3[C@H](O)[C@@H](NC(C)=O)[C@H](OC[C@H]4O[C@@H](O[C@H]5[C@H](O)[C@@H](O)C(O)O[C@@H]5CO)[C@H](O)[C@@H](O[C@@H]5O[C@H](CO)[C@@H](O[C@@H]6O[C@H](CO)[C@H](O)[C@H](O)[C@H]6O)[C@H](O)[C@H]5NC(C)=O)[C@H]4O)O[C@@H]3CO)[C@H](O)[C@@H](O[C@@H]3O[C@H](CO)[C@@H](O[C@@H]4O[C@H](CO)[C@H](O)[C@H](O)[C@H]4O)[C@H](O)[C@H]3NC(C)=O)[C@H]2O)O[C@H](CO)[C@@H](O[C@@H]2O[C@H](CO)[C@H](O)[C@H](O)[C@H]2O)[C@@H]1O. The van der Waals surface area contributed by atoms with Crippen molar-refractivity contribution >= 4 is 23.6 Å². The fourth-order valence-electron chi connectivity index (χ4n) is 15.9. The maximum Gasteiger partial charge on any atom is 0.217 e. The average molecular weight is 1800 g/mol. The van der Waals surface area contributed by atoms with Crippen molar-refractivity contribution in [2.45, 2.75) is 335 Å². The van der Waals surface area contributed by atoms with Crippen molar-refractivity contribution in [1.29, 1.82) is 0 Å². The van der Waals surface area contributed by atoms with Crippen molar-refractivity contribution in [3.63, 3.8) is 0 Å². The van der Waals surface area contributed by atoms with Crippen molar-refractivity contribution in [2.75, 3.05) is 66.1 Å². The molecular formula is C68H114N4O51. The molecule has 0 radical (unpaired) electrons. The van der Waals surface area contributed by atoms with Gasteiger partial charge in [0.05, 0.1) is 66.1 Å². The van der Waals surface area contributed by atoms with Crippen LogP contribution in [0.15, 0.2) is 0 Å². The number of carbonyl (C=O) groups is 4. The Hall–Kier alpha value is -4.00. The summed E-state index contributed by atoms with van der Waals surface area (Å²) in [6.45, 7) is -7.09. The van der Waals surface area contributed by atoms with E-state index in [1.54, 1.807) is 0 Å². The van der Waals surface area contributed by atoms with Crippen LogP contribution in [0.5, 0.6) is 0 Å². The quantitative estimate of drug-likeness (QED) is 0.0297. The Kier molecular flexibility index (Phi) is 36.4. The van der Waals surface area contributed by atoms with Gasteiger partial charge in [-0.05, 0) is 0 Å². The second-order valence-corrected chi connectivity index (χ2v) is 31.0. The monoisotopic (exact) mass is 1800 g/mol. The lowest BCUT2D eigenvalue weighted by Gasteiger charge is -2.51. The largest absolute Gasteiger partial charge is 0.394 e. The summed E-state index contributed by atoms with van der Waals surface area (Å²) in [5, 5.41) is 319.